The minimum absolute atomic E-state index is 0.0211. The molecule has 2 aromatic carbocycles. The largest absolute Gasteiger partial charge is 0.466 e. The first-order valence-corrected chi connectivity index (χ1v) is 11.2. The number of esters is 1. The number of allylic oxidation sites excluding steroid dienone is 2. The van der Waals surface area contributed by atoms with Crippen molar-refractivity contribution in [2.24, 2.45) is 5.73 Å². The van der Waals surface area contributed by atoms with Crippen LogP contribution < -0.4 is 10.6 Å². The highest BCUT2D eigenvalue weighted by Crippen LogP contribution is 2.47. The summed E-state index contributed by atoms with van der Waals surface area (Å²) in [7, 11) is 1.32. The Morgan fingerprint density at radius 2 is 1.90 bits per heavy atom. The van der Waals surface area contributed by atoms with Gasteiger partial charge in [-0.2, -0.15) is 0 Å². The first-order valence-electron chi connectivity index (χ1n) is 10.00. The molecule has 0 bridgehead atoms. The highest BCUT2D eigenvalue weighted by Gasteiger charge is 2.43. The fourth-order valence-electron chi connectivity index (χ4n) is 4.40. The minimum Gasteiger partial charge on any atom is -0.466 e. The first-order chi connectivity index (χ1) is 14.8. The number of halogens is 2. The molecule has 0 fully saturated rings. The molecule has 31 heavy (non-hydrogen) atoms. The summed E-state index contributed by atoms with van der Waals surface area (Å²) in [4.78, 5) is 28.0. The molecule has 0 unspecified atom stereocenters. The van der Waals surface area contributed by atoms with Crippen LogP contribution in [0, 0.1) is 6.92 Å². The zero-order valence-electron chi connectivity index (χ0n) is 17.2. The Labute approximate surface area is 194 Å². The topological polar surface area (TPSA) is 72.6 Å². The van der Waals surface area contributed by atoms with Gasteiger partial charge in [0.25, 0.3) is 0 Å². The van der Waals surface area contributed by atoms with E-state index in [0.717, 1.165) is 33.4 Å². The van der Waals surface area contributed by atoms with E-state index >= 15 is 0 Å². The molecule has 0 saturated carbocycles. The van der Waals surface area contributed by atoms with E-state index < -0.39 is 11.9 Å². The van der Waals surface area contributed by atoms with Crippen LogP contribution in [0.5, 0.6) is 0 Å². The second-order valence-corrected chi connectivity index (χ2v) is 8.95. The van der Waals surface area contributed by atoms with Crippen molar-refractivity contribution in [3.63, 3.8) is 0 Å². The average molecular weight is 502 g/mol. The lowest BCUT2D eigenvalue weighted by atomic mass is 9.75. The second kappa shape index (κ2) is 8.52. The SMILES string of the molecule is COC(=O)C1=C(N)N(c2cccc(Cl)c2C)C2=C(C(=O)CCC2)[C@H]1c1ccc(Br)cc1. The molecular weight excluding hydrogens is 480 g/mol. The van der Waals surface area contributed by atoms with Gasteiger partial charge in [-0.3, -0.25) is 9.69 Å². The number of hydrogen-bond donors (Lipinski definition) is 1. The van der Waals surface area contributed by atoms with E-state index in [2.05, 4.69) is 15.9 Å². The van der Waals surface area contributed by atoms with Crippen LogP contribution in [0.25, 0.3) is 0 Å². The summed E-state index contributed by atoms with van der Waals surface area (Å²) in [5.41, 5.74) is 10.7. The summed E-state index contributed by atoms with van der Waals surface area (Å²) in [5.74, 6) is -0.856. The number of ketones is 1. The predicted octanol–water partition coefficient (Wildman–Crippen LogP) is 5.37. The Balaban J connectivity index is 2.03. The maximum absolute atomic E-state index is 13.2. The van der Waals surface area contributed by atoms with Gasteiger partial charge in [-0.25, -0.2) is 4.79 Å². The zero-order valence-corrected chi connectivity index (χ0v) is 19.6. The standard InChI is InChI=1S/C24H22BrClN2O3/c1-13-16(26)5-3-6-17(13)28-18-7-4-8-19(29)21(18)20(14-9-11-15(25)12-10-14)22(23(28)27)24(30)31-2/h3,5-6,9-12,20H,4,7-8,27H2,1-2H3/t20-/m1/s1. The highest BCUT2D eigenvalue weighted by molar-refractivity contribution is 9.10. The van der Waals surface area contributed by atoms with Crippen LogP contribution in [-0.2, 0) is 14.3 Å². The molecule has 2 aliphatic rings. The van der Waals surface area contributed by atoms with Gasteiger partial charge in [-0.15, -0.1) is 0 Å². The summed E-state index contributed by atoms with van der Waals surface area (Å²) >= 11 is 9.83. The van der Waals surface area contributed by atoms with Gasteiger partial charge in [-0.05, 0) is 55.2 Å². The number of methoxy groups -OCH3 is 1. The van der Waals surface area contributed by atoms with E-state index in [9.17, 15) is 9.59 Å². The summed E-state index contributed by atoms with van der Waals surface area (Å²) in [5, 5.41) is 0.587. The number of nitrogens with zero attached hydrogens (tertiary/aromatic N) is 1. The van der Waals surface area contributed by atoms with Crippen LogP contribution in [0.3, 0.4) is 0 Å². The Morgan fingerprint density at radius 3 is 2.58 bits per heavy atom. The Hall–Kier alpha value is -2.57. The molecule has 7 heteroatoms. The van der Waals surface area contributed by atoms with Crippen molar-refractivity contribution in [2.75, 3.05) is 12.0 Å². The maximum Gasteiger partial charge on any atom is 0.338 e. The van der Waals surface area contributed by atoms with E-state index in [1.54, 1.807) is 6.07 Å². The van der Waals surface area contributed by atoms with E-state index in [1.165, 1.54) is 7.11 Å². The monoisotopic (exact) mass is 500 g/mol. The Kier molecular flexibility index (Phi) is 5.95. The fourth-order valence-corrected chi connectivity index (χ4v) is 4.83. The fraction of sp³-hybridized carbons (Fsp3) is 0.250. The molecule has 5 nitrogen and oxygen atoms in total. The minimum atomic E-state index is -0.584. The molecule has 2 N–H and O–H groups in total. The van der Waals surface area contributed by atoms with Crippen LogP contribution >= 0.6 is 27.5 Å². The molecular formula is C24H22BrClN2O3. The van der Waals surface area contributed by atoms with Crippen LogP contribution in [0.2, 0.25) is 5.02 Å². The first kappa shape index (κ1) is 21.7. The van der Waals surface area contributed by atoms with Crippen molar-refractivity contribution in [1.82, 2.24) is 0 Å². The van der Waals surface area contributed by atoms with Gasteiger partial charge in [0.2, 0.25) is 0 Å². The number of benzene rings is 2. The van der Waals surface area contributed by atoms with Crippen molar-refractivity contribution < 1.29 is 14.3 Å². The number of anilines is 1. The van der Waals surface area contributed by atoms with Gasteiger partial charge in [0.1, 0.15) is 5.82 Å². The molecule has 2 aromatic rings. The molecule has 1 aliphatic heterocycles. The van der Waals surface area contributed by atoms with E-state index in [4.69, 9.17) is 22.1 Å². The van der Waals surface area contributed by atoms with E-state index in [1.807, 2.05) is 48.2 Å². The van der Waals surface area contributed by atoms with Crippen molar-refractivity contribution in [1.29, 1.82) is 0 Å². The van der Waals surface area contributed by atoms with Gasteiger partial charge in [0.15, 0.2) is 5.78 Å². The molecule has 4 rings (SSSR count). The summed E-state index contributed by atoms with van der Waals surface area (Å²) in [6.45, 7) is 1.90. The van der Waals surface area contributed by atoms with Crippen LogP contribution in [0.15, 0.2) is 69.6 Å². The number of carbonyl (C=O) groups is 2. The van der Waals surface area contributed by atoms with Gasteiger partial charge in [-0.1, -0.05) is 45.7 Å². The third-order valence-electron chi connectivity index (χ3n) is 5.88. The molecule has 1 heterocycles. The van der Waals surface area contributed by atoms with Gasteiger partial charge < -0.3 is 10.5 Å². The Morgan fingerprint density at radius 1 is 1.19 bits per heavy atom. The summed E-state index contributed by atoms with van der Waals surface area (Å²) in [6.07, 6.45) is 1.83. The lowest BCUT2D eigenvalue weighted by Crippen LogP contribution is -2.41. The summed E-state index contributed by atoms with van der Waals surface area (Å²) < 4.78 is 6.02. The number of Topliss-reactive ketones (excluding diaryl/α,β-unsaturated/α-hetero) is 1. The zero-order chi connectivity index (χ0) is 22.3. The predicted molar refractivity (Wildman–Crippen MR) is 125 cm³/mol. The molecule has 1 aliphatic carbocycles. The van der Waals surface area contributed by atoms with Crippen molar-refractivity contribution in [2.45, 2.75) is 32.1 Å². The number of hydrogen-bond acceptors (Lipinski definition) is 5. The van der Waals surface area contributed by atoms with Crippen molar-refractivity contribution >= 4 is 45.0 Å². The lowest BCUT2D eigenvalue weighted by molar-refractivity contribution is -0.136. The molecule has 0 spiro atoms. The third-order valence-corrected chi connectivity index (χ3v) is 6.82. The number of rotatable bonds is 3. The second-order valence-electron chi connectivity index (χ2n) is 7.63. The average Bonchev–Trinajstić information content (AvgIpc) is 2.76. The number of ether oxygens (including phenoxy) is 1. The van der Waals surface area contributed by atoms with Crippen LogP contribution in [0.1, 0.15) is 36.3 Å². The third kappa shape index (κ3) is 3.68. The normalized spacial score (nSPS) is 18.9. The van der Waals surface area contributed by atoms with Gasteiger partial charge in [0, 0.05) is 27.2 Å². The van der Waals surface area contributed by atoms with Gasteiger partial charge >= 0.3 is 5.97 Å². The molecule has 0 amide bonds. The Bertz CT molecular complexity index is 1140. The van der Waals surface area contributed by atoms with Crippen LogP contribution in [0.4, 0.5) is 5.69 Å². The molecule has 160 valence electrons. The highest BCUT2D eigenvalue weighted by atomic mass is 79.9. The smallest absolute Gasteiger partial charge is 0.338 e. The molecule has 0 radical (unpaired) electrons. The summed E-state index contributed by atoms with van der Waals surface area (Å²) in [6, 6.07) is 13.1. The van der Waals surface area contributed by atoms with Gasteiger partial charge in [0.05, 0.1) is 24.3 Å². The number of carbonyl (C=O) groups excluding carboxylic acids is 2. The maximum atomic E-state index is 13.2. The van der Waals surface area contributed by atoms with E-state index in [0.29, 0.717) is 23.4 Å². The quantitative estimate of drug-likeness (QED) is 0.573. The molecule has 0 aromatic heterocycles. The van der Waals surface area contributed by atoms with Crippen molar-refractivity contribution in [3.05, 3.63) is 85.8 Å². The lowest BCUT2D eigenvalue weighted by Gasteiger charge is -2.41. The van der Waals surface area contributed by atoms with Crippen molar-refractivity contribution in [3.8, 4) is 0 Å². The van der Waals surface area contributed by atoms with E-state index in [-0.39, 0.29) is 17.2 Å². The van der Waals surface area contributed by atoms with Crippen LogP contribution in [-0.4, -0.2) is 18.9 Å². The molecule has 0 saturated heterocycles. The number of nitrogens with two attached hydrogens (primary N) is 1. The molecule has 1 atom stereocenters.